The van der Waals surface area contributed by atoms with Crippen LogP contribution in [0.15, 0.2) is 23.1 Å². The normalized spacial score (nSPS) is 10.6. The Bertz CT molecular complexity index is 565. The van der Waals surface area contributed by atoms with Gasteiger partial charge in [0, 0.05) is 24.7 Å². The molecular weight excluding hydrogens is 184 g/mol. The van der Waals surface area contributed by atoms with Gasteiger partial charge in [0.2, 0.25) is 5.56 Å². The van der Waals surface area contributed by atoms with Gasteiger partial charge in [0.15, 0.2) is 0 Å². The third-order valence-corrected chi connectivity index (χ3v) is 2.17. The largest absolute Gasteiger partial charge is 0.477 e. The molecule has 14 heavy (non-hydrogen) atoms. The maximum Gasteiger partial charge on any atom is 0.352 e. The van der Waals surface area contributed by atoms with Crippen LogP contribution in [-0.4, -0.2) is 20.6 Å². The number of carbonyl (C=O) groups is 1. The summed E-state index contributed by atoms with van der Waals surface area (Å²) >= 11 is 0. The molecule has 0 unspecified atom stereocenters. The summed E-state index contributed by atoms with van der Waals surface area (Å²) in [5.74, 6) is -1.00. The number of aryl methyl sites for hydroxylation is 1. The fourth-order valence-electron chi connectivity index (χ4n) is 1.46. The third kappa shape index (κ3) is 1.10. The molecule has 72 valence electrons. The molecule has 0 saturated heterocycles. The number of H-pyrrole nitrogens is 1. The minimum atomic E-state index is -1.00. The van der Waals surface area contributed by atoms with Gasteiger partial charge < -0.3 is 14.7 Å². The molecule has 0 spiro atoms. The lowest BCUT2D eigenvalue weighted by Crippen LogP contribution is -2.04. The molecule has 0 aliphatic carbocycles. The Morgan fingerprint density at radius 1 is 1.50 bits per heavy atom. The first kappa shape index (κ1) is 8.55. The molecule has 0 bridgehead atoms. The summed E-state index contributed by atoms with van der Waals surface area (Å²) in [6.07, 6.45) is 1.50. The Hall–Kier alpha value is -2.04. The van der Waals surface area contributed by atoms with Gasteiger partial charge in [-0.05, 0) is 6.07 Å². The molecule has 0 aliphatic heterocycles. The number of aromatic carboxylic acids is 1. The zero-order valence-corrected chi connectivity index (χ0v) is 7.44. The SMILES string of the molecule is Cn1c(C(=O)O)cc2cc(=O)[nH]cc21. The molecule has 0 saturated carbocycles. The van der Waals surface area contributed by atoms with Gasteiger partial charge in [-0.1, -0.05) is 0 Å². The van der Waals surface area contributed by atoms with Gasteiger partial charge in [0.05, 0.1) is 5.52 Å². The number of hydrogen-bond donors (Lipinski definition) is 2. The zero-order chi connectivity index (χ0) is 10.3. The number of carboxylic acid groups (broad SMARTS) is 1. The van der Waals surface area contributed by atoms with E-state index < -0.39 is 5.97 Å². The van der Waals surface area contributed by atoms with E-state index in [2.05, 4.69) is 4.98 Å². The predicted molar refractivity (Wildman–Crippen MR) is 50.5 cm³/mol. The first-order valence-corrected chi connectivity index (χ1v) is 4.01. The smallest absolute Gasteiger partial charge is 0.352 e. The van der Waals surface area contributed by atoms with Gasteiger partial charge in [0.25, 0.3) is 0 Å². The van der Waals surface area contributed by atoms with Gasteiger partial charge in [0.1, 0.15) is 5.69 Å². The van der Waals surface area contributed by atoms with Gasteiger partial charge in [-0.3, -0.25) is 4.79 Å². The first-order valence-electron chi connectivity index (χ1n) is 4.01. The highest BCUT2D eigenvalue weighted by atomic mass is 16.4. The highest BCUT2D eigenvalue weighted by molar-refractivity contribution is 5.94. The quantitative estimate of drug-likeness (QED) is 0.693. The van der Waals surface area contributed by atoms with Crippen LogP contribution in [-0.2, 0) is 7.05 Å². The van der Waals surface area contributed by atoms with Crippen molar-refractivity contribution < 1.29 is 9.90 Å². The topological polar surface area (TPSA) is 75.1 Å². The zero-order valence-electron chi connectivity index (χ0n) is 7.44. The average Bonchev–Trinajstić information content (AvgIpc) is 2.43. The van der Waals surface area contributed by atoms with E-state index in [9.17, 15) is 9.59 Å². The summed E-state index contributed by atoms with van der Waals surface area (Å²) in [7, 11) is 1.64. The van der Waals surface area contributed by atoms with Crippen LogP contribution in [0.2, 0.25) is 0 Å². The van der Waals surface area contributed by atoms with Crippen molar-refractivity contribution >= 4 is 16.9 Å². The van der Waals surface area contributed by atoms with Crippen LogP contribution in [0, 0.1) is 0 Å². The molecule has 2 rings (SSSR count). The number of nitrogens with one attached hydrogen (secondary N) is 1. The number of pyridine rings is 1. The Labute approximate surface area is 78.6 Å². The van der Waals surface area contributed by atoms with Crippen molar-refractivity contribution in [2.24, 2.45) is 7.05 Å². The summed E-state index contributed by atoms with van der Waals surface area (Å²) < 4.78 is 1.52. The Kier molecular flexibility index (Phi) is 1.67. The number of aromatic nitrogens is 2. The van der Waals surface area contributed by atoms with Gasteiger partial charge in [-0.25, -0.2) is 4.79 Å². The van der Waals surface area contributed by atoms with Crippen LogP contribution in [0.25, 0.3) is 10.9 Å². The van der Waals surface area contributed by atoms with Crippen LogP contribution < -0.4 is 5.56 Å². The number of fused-ring (bicyclic) bond motifs is 1. The highest BCUT2D eigenvalue weighted by Crippen LogP contribution is 2.15. The van der Waals surface area contributed by atoms with Gasteiger partial charge >= 0.3 is 5.97 Å². The Morgan fingerprint density at radius 3 is 2.86 bits per heavy atom. The maximum absolute atomic E-state index is 11.0. The van der Waals surface area contributed by atoms with E-state index in [1.807, 2.05) is 0 Å². The van der Waals surface area contributed by atoms with Crippen molar-refractivity contribution in [3.63, 3.8) is 0 Å². The second-order valence-electron chi connectivity index (χ2n) is 3.03. The van der Waals surface area contributed by atoms with Crippen molar-refractivity contribution in [2.75, 3.05) is 0 Å². The van der Waals surface area contributed by atoms with E-state index >= 15 is 0 Å². The van der Waals surface area contributed by atoms with Crippen LogP contribution in [0.5, 0.6) is 0 Å². The lowest BCUT2D eigenvalue weighted by molar-refractivity contribution is 0.0687. The van der Waals surface area contributed by atoms with Crippen molar-refractivity contribution in [1.82, 2.24) is 9.55 Å². The van der Waals surface area contributed by atoms with E-state index in [-0.39, 0.29) is 11.3 Å². The fourth-order valence-corrected chi connectivity index (χ4v) is 1.46. The minimum Gasteiger partial charge on any atom is -0.477 e. The second-order valence-corrected chi connectivity index (χ2v) is 3.03. The molecule has 2 N–H and O–H groups in total. The van der Waals surface area contributed by atoms with E-state index in [1.165, 1.54) is 22.9 Å². The molecule has 2 aromatic rings. The molecule has 0 amide bonds. The van der Waals surface area contributed by atoms with Crippen molar-refractivity contribution in [3.05, 3.63) is 34.4 Å². The summed E-state index contributed by atoms with van der Waals surface area (Å²) in [6.45, 7) is 0. The lowest BCUT2D eigenvalue weighted by Gasteiger charge is -1.97. The molecule has 2 heterocycles. The maximum atomic E-state index is 11.0. The predicted octanol–water partition coefficient (Wildman–Crippen LogP) is 0.565. The molecule has 0 aromatic carbocycles. The number of nitrogens with zero attached hydrogens (tertiary/aromatic N) is 1. The fraction of sp³-hybridized carbons (Fsp3) is 0.111. The first-order chi connectivity index (χ1) is 6.59. The monoisotopic (exact) mass is 192 g/mol. The molecule has 5 nitrogen and oxygen atoms in total. The summed E-state index contributed by atoms with van der Waals surface area (Å²) in [4.78, 5) is 24.2. The standard InChI is InChI=1S/C9H8N2O3/c1-11-6(9(13)14)2-5-3-8(12)10-4-7(5)11/h2-4H,1H3,(H,10,12)(H,13,14). The Balaban J connectivity index is 2.86. The number of carboxylic acids is 1. The van der Waals surface area contributed by atoms with E-state index in [4.69, 9.17) is 5.11 Å². The van der Waals surface area contributed by atoms with Crippen LogP contribution in [0.4, 0.5) is 0 Å². The summed E-state index contributed by atoms with van der Waals surface area (Å²) in [5, 5.41) is 9.46. The summed E-state index contributed by atoms with van der Waals surface area (Å²) in [6, 6.07) is 2.86. The van der Waals surface area contributed by atoms with E-state index in [0.717, 1.165) is 0 Å². The second kappa shape index (κ2) is 2.73. The molecule has 0 atom stereocenters. The van der Waals surface area contributed by atoms with Crippen LogP contribution >= 0.6 is 0 Å². The highest BCUT2D eigenvalue weighted by Gasteiger charge is 2.11. The molecule has 0 aliphatic rings. The molecule has 0 radical (unpaired) electrons. The molecule has 5 heteroatoms. The minimum absolute atomic E-state index is 0.166. The van der Waals surface area contributed by atoms with Crippen LogP contribution in [0.1, 0.15) is 10.5 Å². The molecule has 2 aromatic heterocycles. The third-order valence-electron chi connectivity index (χ3n) is 2.17. The Morgan fingerprint density at radius 2 is 2.21 bits per heavy atom. The van der Waals surface area contributed by atoms with Gasteiger partial charge in [-0.15, -0.1) is 0 Å². The van der Waals surface area contributed by atoms with E-state index in [1.54, 1.807) is 7.05 Å². The van der Waals surface area contributed by atoms with Gasteiger partial charge in [-0.2, -0.15) is 0 Å². The molecule has 0 fully saturated rings. The molecular formula is C9H8N2O3. The number of rotatable bonds is 1. The van der Waals surface area contributed by atoms with Crippen molar-refractivity contribution in [1.29, 1.82) is 0 Å². The lowest BCUT2D eigenvalue weighted by atomic mass is 10.3. The van der Waals surface area contributed by atoms with E-state index in [0.29, 0.717) is 10.9 Å². The average molecular weight is 192 g/mol. The van der Waals surface area contributed by atoms with Crippen molar-refractivity contribution in [3.8, 4) is 0 Å². The summed E-state index contributed by atoms with van der Waals surface area (Å²) in [5.41, 5.74) is 0.626. The number of hydrogen-bond acceptors (Lipinski definition) is 2. The van der Waals surface area contributed by atoms with Crippen molar-refractivity contribution in [2.45, 2.75) is 0 Å². The number of aromatic amines is 1. The van der Waals surface area contributed by atoms with Crippen LogP contribution in [0.3, 0.4) is 0 Å².